The van der Waals surface area contributed by atoms with Crippen molar-refractivity contribution in [1.82, 2.24) is 19.6 Å². The van der Waals surface area contributed by atoms with E-state index in [1.54, 1.807) is 103 Å². The average Bonchev–Trinajstić information content (AvgIpc) is 4.00. The minimum atomic E-state index is -1.18. The van der Waals surface area contributed by atoms with Gasteiger partial charge >= 0.3 is 17.9 Å². The minimum absolute atomic E-state index is 0. The van der Waals surface area contributed by atoms with E-state index in [9.17, 15) is 40.1 Å². The predicted molar refractivity (Wildman–Crippen MR) is 273 cm³/mol. The maximum absolute atomic E-state index is 12.1. The topological polar surface area (TPSA) is 271 Å². The van der Waals surface area contributed by atoms with E-state index in [1.165, 1.54) is 47.8 Å². The summed E-state index contributed by atoms with van der Waals surface area (Å²) in [4.78, 5) is 47.7. The van der Waals surface area contributed by atoms with Gasteiger partial charge in [-0.05, 0) is 85.1 Å². The Morgan fingerprint density at radius 3 is 2.05 bits per heavy atom. The fraction of sp³-hybridized carbons (Fsp3) is 0.109. The molecule has 74 heavy (non-hydrogen) atoms. The minimum Gasteiger partial charge on any atom is -0.497 e. The van der Waals surface area contributed by atoms with Crippen LogP contribution in [0.3, 0.4) is 0 Å². The summed E-state index contributed by atoms with van der Waals surface area (Å²) in [6.45, 7) is 11.1. The third-order valence-electron chi connectivity index (χ3n) is 11.0. The van der Waals surface area contributed by atoms with Crippen molar-refractivity contribution < 1.29 is 66.5 Å². The molecule has 8 rings (SSSR count). The molecule has 0 aliphatic rings. The number of aliphatic imine (C=N–C) groups is 2. The molecule has 8 aromatic rings. The fourth-order valence-corrected chi connectivity index (χ4v) is 7.26. The number of hydrogen-bond donors (Lipinski definition) is 4. The molecule has 2 heterocycles. The molecule has 0 fully saturated rings. The van der Waals surface area contributed by atoms with E-state index in [-0.39, 0.29) is 80.7 Å². The van der Waals surface area contributed by atoms with Crippen molar-refractivity contribution in [3.63, 3.8) is 0 Å². The largest absolute Gasteiger partial charge is 0.497 e. The van der Waals surface area contributed by atoms with E-state index in [2.05, 4.69) is 32.9 Å². The number of aryl methyl sites for hydroxylation is 1. The number of aliphatic hydroxyl groups is 1. The summed E-state index contributed by atoms with van der Waals surface area (Å²) in [5, 5.41) is 58.6. The number of carbonyl (C=O) groups is 3. The van der Waals surface area contributed by atoms with Crippen molar-refractivity contribution >= 4 is 47.4 Å². The number of esters is 1. The van der Waals surface area contributed by atoms with Gasteiger partial charge in [-0.1, -0.05) is 73.7 Å². The van der Waals surface area contributed by atoms with Gasteiger partial charge in [-0.2, -0.15) is 20.1 Å². The second kappa shape index (κ2) is 25.6. The van der Waals surface area contributed by atoms with Crippen LogP contribution in [0.15, 0.2) is 150 Å². The van der Waals surface area contributed by atoms with Gasteiger partial charge in [0.05, 0.1) is 77.5 Å². The van der Waals surface area contributed by atoms with Gasteiger partial charge in [-0.15, -0.1) is 0 Å². The van der Waals surface area contributed by atoms with Gasteiger partial charge in [0.2, 0.25) is 5.88 Å². The number of nitriles is 1. The van der Waals surface area contributed by atoms with E-state index in [1.807, 2.05) is 30.3 Å². The number of rotatable bonds is 15. The van der Waals surface area contributed by atoms with Crippen LogP contribution in [-0.4, -0.2) is 89.5 Å². The standard InChI is InChI=1S/C28H22N4O6.C27H22N4O3.Co.H2O/c1-3-38-28(36)18-10-8-17(9-11-18)25-22(16-30-23-14-20(37-2)12-13-21(23)27(34)35)26(33)32(31-25)24-7-5-4-6-19(24)15-29;1-3-18-7-10-20(11-8-18)26-21(16-31(30-26)23-6-4-5-22(14-23)28-2)15-29-25-13-19(17-32)9-12-24(25)27(33)34;;/h4-14,16,33H,3H2,1-2H3,(H,34,35);4-16,32H,3,17H2,1H3,(H,33,34);;1H2. The molecule has 0 saturated heterocycles. The molecule has 18 nitrogen and oxygen atoms in total. The summed E-state index contributed by atoms with van der Waals surface area (Å²) in [6, 6.07) is 39.2. The van der Waals surface area contributed by atoms with E-state index >= 15 is 0 Å². The number of carboxylic acid groups (broad SMARTS) is 2. The van der Waals surface area contributed by atoms with Gasteiger partial charge in [0.1, 0.15) is 23.2 Å². The van der Waals surface area contributed by atoms with Gasteiger partial charge < -0.3 is 35.4 Å². The Bertz CT molecular complexity index is 3460. The van der Waals surface area contributed by atoms with Crippen molar-refractivity contribution in [1.29, 1.82) is 5.26 Å². The van der Waals surface area contributed by atoms with Crippen molar-refractivity contribution in [3.05, 3.63) is 196 Å². The maximum atomic E-state index is 12.1. The van der Waals surface area contributed by atoms with Crippen molar-refractivity contribution in [2.45, 2.75) is 26.9 Å². The van der Waals surface area contributed by atoms with Crippen LogP contribution in [0.25, 0.3) is 38.7 Å². The van der Waals surface area contributed by atoms with E-state index in [4.69, 9.17) is 21.1 Å². The first-order valence-electron chi connectivity index (χ1n) is 22.1. The Kier molecular flexibility index (Phi) is 19.1. The summed E-state index contributed by atoms with van der Waals surface area (Å²) >= 11 is 0. The Hall–Kier alpha value is -9.50. The zero-order valence-electron chi connectivity index (χ0n) is 39.8. The molecule has 6 N–H and O–H groups in total. The van der Waals surface area contributed by atoms with Gasteiger partial charge in [-0.3, -0.25) is 9.98 Å². The number of para-hydroxylation sites is 1. The molecule has 0 unspecified atom stereocenters. The van der Waals surface area contributed by atoms with Gasteiger partial charge in [-0.25, -0.2) is 23.9 Å². The first-order chi connectivity index (χ1) is 34.9. The summed E-state index contributed by atoms with van der Waals surface area (Å²) in [7, 11) is 1.45. The molecule has 0 amide bonds. The molecule has 375 valence electrons. The summed E-state index contributed by atoms with van der Waals surface area (Å²) in [6.07, 6.45) is 5.59. The number of aromatic nitrogens is 4. The Morgan fingerprint density at radius 1 is 0.784 bits per heavy atom. The Balaban J connectivity index is 0.000000268. The number of aliphatic hydroxyl groups excluding tert-OH is 1. The zero-order chi connectivity index (χ0) is 51.3. The monoisotopic (exact) mass is 1040 g/mol. The maximum Gasteiger partial charge on any atom is 0.338 e. The number of methoxy groups -OCH3 is 1. The van der Waals surface area contributed by atoms with Gasteiger partial charge in [0.15, 0.2) is 5.69 Å². The van der Waals surface area contributed by atoms with Crippen LogP contribution in [0.2, 0.25) is 0 Å². The summed E-state index contributed by atoms with van der Waals surface area (Å²) in [5.41, 5.74) is 7.52. The smallest absolute Gasteiger partial charge is 0.338 e. The van der Waals surface area contributed by atoms with Crippen molar-refractivity contribution in [3.8, 4) is 51.6 Å². The summed E-state index contributed by atoms with van der Waals surface area (Å²) < 4.78 is 13.1. The molecule has 6 aromatic carbocycles. The van der Waals surface area contributed by atoms with Crippen LogP contribution < -0.4 is 4.74 Å². The molecule has 19 heteroatoms. The predicted octanol–water partition coefficient (Wildman–Crippen LogP) is 9.52. The number of aromatic carboxylic acids is 2. The Labute approximate surface area is 434 Å². The molecule has 1 radical (unpaired) electrons. The van der Waals surface area contributed by atoms with Gasteiger partial charge in [0.25, 0.3) is 0 Å². The quantitative estimate of drug-likeness (QED) is 0.0425. The van der Waals surface area contributed by atoms with Crippen LogP contribution in [0, 0.1) is 17.9 Å². The first-order valence-corrected chi connectivity index (χ1v) is 22.1. The number of benzene rings is 6. The molecule has 0 aliphatic heterocycles. The molecule has 2 aromatic heterocycles. The second-order valence-corrected chi connectivity index (χ2v) is 15.5. The number of ether oxygens (including phenoxy) is 2. The van der Waals surface area contributed by atoms with Crippen LogP contribution >= 0.6 is 0 Å². The first kappa shape index (κ1) is 55.4. The molecule has 0 saturated carbocycles. The summed E-state index contributed by atoms with van der Waals surface area (Å²) in [5.74, 6) is -2.67. The molecular weight excluding hydrogens is 992 g/mol. The second-order valence-electron chi connectivity index (χ2n) is 15.5. The number of hydrogen-bond acceptors (Lipinski definition) is 12. The number of carbonyl (C=O) groups excluding carboxylic acids is 1. The molecule has 0 spiro atoms. The fourth-order valence-electron chi connectivity index (χ4n) is 7.26. The SMILES string of the molecule is CCOC(=O)c1ccc(-c2nn(-c3ccccc3C#N)c(O)c2C=Nc2cc(OC)ccc2C(=O)O)cc1.O.[C-]#[N+]c1cccc(-n2cc(C=Nc3cc(CO)ccc3C(=O)O)c(-c3ccc(CC)cc3)n2)c1.[Co]. The van der Waals surface area contributed by atoms with Crippen molar-refractivity contribution in [2.75, 3.05) is 13.7 Å². The molecular formula is C55H46CoN8O10. The number of aromatic hydroxyl groups is 1. The van der Waals surface area contributed by atoms with Gasteiger partial charge in [0, 0.05) is 58.2 Å². The molecule has 0 aliphatic carbocycles. The molecule has 0 bridgehead atoms. The zero-order valence-corrected chi connectivity index (χ0v) is 40.8. The third-order valence-corrected chi connectivity index (χ3v) is 11.0. The number of carboxylic acids is 2. The van der Waals surface area contributed by atoms with Crippen LogP contribution in [0.1, 0.15) is 72.7 Å². The average molecular weight is 1040 g/mol. The van der Waals surface area contributed by atoms with Crippen LogP contribution in [0.5, 0.6) is 11.6 Å². The van der Waals surface area contributed by atoms with Crippen LogP contribution in [-0.2, 0) is 34.5 Å². The Morgan fingerprint density at radius 2 is 1.42 bits per heavy atom. The molecule has 0 atom stereocenters. The van der Waals surface area contributed by atoms with Crippen molar-refractivity contribution in [2.24, 2.45) is 9.98 Å². The number of nitrogens with zero attached hydrogens (tertiary/aromatic N) is 8. The normalized spacial score (nSPS) is 10.6. The van der Waals surface area contributed by atoms with Crippen LogP contribution in [0.4, 0.5) is 17.1 Å². The van der Waals surface area contributed by atoms with E-state index < -0.39 is 17.9 Å². The van der Waals surface area contributed by atoms with E-state index in [0.29, 0.717) is 45.1 Å². The third kappa shape index (κ3) is 12.7. The van der Waals surface area contributed by atoms with E-state index in [0.717, 1.165) is 17.7 Å².